The van der Waals surface area contributed by atoms with E-state index in [0.717, 1.165) is 0 Å². The van der Waals surface area contributed by atoms with Crippen LogP contribution in [0.2, 0.25) is 0 Å². The van der Waals surface area contributed by atoms with Crippen molar-refractivity contribution in [2.45, 2.75) is 33.3 Å². The number of alkyl carbamates (subject to hydrolysis) is 1. The molecule has 0 radical (unpaired) electrons. The number of hydrogen-bond donors (Lipinski definition) is 1. The average Bonchev–Trinajstić information content (AvgIpc) is 2.10. The van der Waals surface area contributed by atoms with Gasteiger partial charge < -0.3 is 9.47 Å². The molecule has 0 unspecified atom stereocenters. The van der Waals surface area contributed by atoms with Crippen LogP contribution in [0.3, 0.4) is 0 Å². The number of amides is 1. The van der Waals surface area contributed by atoms with Gasteiger partial charge in [-0.3, -0.25) is 5.32 Å². The van der Waals surface area contributed by atoms with Crippen LogP contribution in [-0.4, -0.2) is 24.8 Å². The molecule has 0 saturated heterocycles. The molecule has 0 aromatic heterocycles. The highest BCUT2D eigenvalue weighted by Gasteiger charge is 2.20. The number of esters is 1. The van der Waals surface area contributed by atoms with Crippen molar-refractivity contribution in [3.05, 3.63) is 11.8 Å². The number of nitrogens with one attached hydrogen (secondary N) is 1. The maximum Gasteiger partial charge on any atom is 0.411 e. The molecule has 86 valence electrons. The number of carbonyl (C=O) groups excluding carboxylic acids is 2. The monoisotopic (exact) mass is 215 g/mol. The number of ether oxygens (including phenoxy) is 2. The topological polar surface area (TPSA) is 64.6 Å². The molecule has 0 aromatic carbocycles. The molecular formula is C10H17NO4. The molecule has 0 atom stereocenters. The fourth-order valence-electron chi connectivity index (χ4n) is 0.735. The fourth-order valence-corrected chi connectivity index (χ4v) is 0.735. The van der Waals surface area contributed by atoms with E-state index in [4.69, 9.17) is 4.74 Å². The Hall–Kier alpha value is -1.52. The summed E-state index contributed by atoms with van der Waals surface area (Å²) in [5, 5.41) is 2.26. The van der Waals surface area contributed by atoms with Gasteiger partial charge in [0.25, 0.3) is 0 Å². The number of methoxy groups -OCH3 is 1. The highest BCUT2D eigenvalue weighted by atomic mass is 16.6. The normalized spacial score (nSPS) is 11.9. The number of carbonyl (C=O) groups is 2. The van der Waals surface area contributed by atoms with Gasteiger partial charge in [0.1, 0.15) is 11.3 Å². The Bertz CT molecular complexity index is 276. The zero-order valence-electron chi connectivity index (χ0n) is 9.71. The molecule has 0 aromatic rings. The summed E-state index contributed by atoms with van der Waals surface area (Å²) in [5.74, 6) is -0.588. The lowest BCUT2D eigenvalue weighted by atomic mass is 10.2. The minimum atomic E-state index is -0.700. The molecule has 5 heteroatoms. The Kier molecular flexibility index (Phi) is 4.84. The van der Waals surface area contributed by atoms with Crippen LogP contribution in [0.4, 0.5) is 4.79 Å². The van der Waals surface area contributed by atoms with Crippen molar-refractivity contribution < 1.29 is 19.1 Å². The van der Waals surface area contributed by atoms with E-state index in [-0.39, 0.29) is 5.70 Å². The summed E-state index contributed by atoms with van der Waals surface area (Å²) >= 11 is 0. The Morgan fingerprint density at radius 2 is 1.80 bits per heavy atom. The Labute approximate surface area is 89.4 Å². The summed E-state index contributed by atoms with van der Waals surface area (Å²) in [4.78, 5) is 22.3. The summed E-state index contributed by atoms with van der Waals surface area (Å²) in [7, 11) is 1.22. The van der Waals surface area contributed by atoms with Gasteiger partial charge in [0, 0.05) is 0 Å². The predicted octanol–water partition coefficient (Wildman–Crippen LogP) is 1.59. The maximum absolute atomic E-state index is 11.5. The first-order valence-electron chi connectivity index (χ1n) is 4.54. The Morgan fingerprint density at radius 1 is 1.27 bits per heavy atom. The number of allylic oxidation sites excluding steroid dienone is 1. The van der Waals surface area contributed by atoms with Gasteiger partial charge in [-0.15, -0.1) is 0 Å². The lowest BCUT2D eigenvalue weighted by Crippen LogP contribution is -2.32. The van der Waals surface area contributed by atoms with Gasteiger partial charge in [-0.25, -0.2) is 9.59 Å². The first-order chi connectivity index (χ1) is 6.80. The van der Waals surface area contributed by atoms with Crippen molar-refractivity contribution in [3.63, 3.8) is 0 Å². The van der Waals surface area contributed by atoms with Crippen LogP contribution < -0.4 is 5.32 Å². The van der Waals surface area contributed by atoms with Crippen LogP contribution in [0.5, 0.6) is 0 Å². The molecule has 15 heavy (non-hydrogen) atoms. The second kappa shape index (κ2) is 5.38. The molecule has 1 amide bonds. The van der Waals surface area contributed by atoms with Crippen LogP contribution in [0, 0.1) is 0 Å². The van der Waals surface area contributed by atoms with E-state index in [9.17, 15) is 9.59 Å². The highest BCUT2D eigenvalue weighted by molar-refractivity contribution is 5.92. The SMILES string of the molecule is C/C=C(\NC(=O)OC)C(=O)OC(C)(C)C. The zero-order valence-corrected chi connectivity index (χ0v) is 9.71. The van der Waals surface area contributed by atoms with Crippen LogP contribution >= 0.6 is 0 Å². The fraction of sp³-hybridized carbons (Fsp3) is 0.600. The van der Waals surface area contributed by atoms with E-state index in [1.807, 2.05) is 0 Å². The van der Waals surface area contributed by atoms with Gasteiger partial charge in [-0.1, -0.05) is 6.08 Å². The standard InChI is InChI=1S/C10H17NO4/c1-6-7(11-9(13)14-5)8(12)15-10(2,3)4/h6H,1-5H3,(H,11,13)/b7-6-. The highest BCUT2D eigenvalue weighted by Crippen LogP contribution is 2.09. The van der Waals surface area contributed by atoms with Crippen LogP contribution in [0.25, 0.3) is 0 Å². The van der Waals surface area contributed by atoms with Crippen LogP contribution in [-0.2, 0) is 14.3 Å². The number of hydrogen-bond acceptors (Lipinski definition) is 4. The third kappa shape index (κ3) is 5.72. The summed E-state index contributed by atoms with van der Waals surface area (Å²) in [5.41, 5.74) is -0.528. The molecule has 5 nitrogen and oxygen atoms in total. The second-order valence-electron chi connectivity index (χ2n) is 3.82. The summed E-state index contributed by atoms with van der Waals surface area (Å²) < 4.78 is 9.42. The molecule has 0 heterocycles. The molecule has 0 aliphatic carbocycles. The Balaban J connectivity index is 4.45. The molecule has 0 saturated carbocycles. The second-order valence-corrected chi connectivity index (χ2v) is 3.82. The summed E-state index contributed by atoms with van der Waals surface area (Å²) in [6.07, 6.45) is 0.749. The summed E-state index contributed by atoms with van der Waals surface area (Å²) in [6, 6.07) is 0. The average molecular weight is 215 g/mol. The van der Waals surface area contributed by atoms with Gasteiger partial charge in [-0.2, -0.15) is 0 Å². The van der Waals surface area contributed by atoms with Crippen molar-refractivity contribution in [3.8, 4) is 0 Å². The van der Waals surface area contributed by atoms with E-state index >= 15 is 0 Å². The van der Waals surface area contributed by atoms with E-state index in [1.165, 1.54) is 13.2 Å². The number of rotatable bonds is 2. The molecule has 0 aliphatic heterocycles. The van der Waals surface area contributed by atoms with Crippen molar-refractivity contribution >= 4 is 12.1 Å². The summed E-state index contributed by atoms with van der Waals surface area (Å²) in [6.45, 7) is 6.86. The first kappa shape index (κ1) is 13.5. The molecule has 0 rings (SSSR count). The predicted molar refractivity (Wildman–Crippen MR) is 55.1 cm³/mol. The molecule has 1 N–H and O–H groups in total. The van der Waals surface area contributed by atoms with Crippen molar-refractivity contribution in [2.24, 2.45) is 0 Å². The van der Waals surface area contributed by atoms with Crippen molar-refractivity contribution in [2.75, 3.05) is 7.11 Å². The van der Waals surface area contributed by atoms with Crippen LogP contribution in [0.1, 0.15) is 27.7 Å². The largest absolute Gasteiger partial charge is 0.455 e. The van der Waals surface area contributed by atoms with Gasteiger partial charge in [-0.05, 0) is 27.7 Å². The van der Waals surface area contributed by atoms with Gasteiger partial charge >= 0.3 is 12.1 Å². The minimum absolute atomic E-state index is 0.0665. The van der Waals surface area contributed by atoms with Gasteiger partial charge in [0.2, 0.25) is 0 Å². The van der Waals surface area contributed by atoms with E-state index in [0.29, 0.717) is 0 Å². The maximum atomic E-state index is 11.5. The van der Waals surface area contributed by atoms with Gasteiger partial charge in [0.15, 0.2) is 0 Å². The molecule has 0 fully saturated rings. The van der Waals surface area contributed by atoms with E-state index < -0.39 is 17.7 Å². The van der Waals surface area contributed by atoms with Gasteiger partial charge in [0.05, 0.1) is 7.11 Å². The molecule has 0 aliphatic rings. The van der Waals surface area contributed by atoms with Crippen molar-refractivity contribution in [1.82, 2.24) is 5.32 Å². The zero-order chi connectivity index (χ0) is 12.1. The third-order valence-corrected chi connectivity index (χ3v) is 1.33. The molecule has 0 bridgehead atoms. The van der Waals surface area contributed by atoms with Crippen molar-refractivity contribution in [1.29, 1.82) is 0 Å². The van der Waals surface area contributed by atoms with E-state index in [1.54, 1.807) is 27.7 Å². The molecular weight excluding hydrogens is 198 g/mol. The minimum Gasteiger partial charge on any atom is -0.455 e. The third-order valence-electron chi connectivity index (χ3n) is 1.33. The smallest absolute Gasteiger partial charge is 0.411 e. The first-order valence-corrected chi connectivity index (χ1v) is 4.54. The lowest BCUT2D eigenvalue weighted by Gasteiger charge is -2.20. The quantitative estimate of drug-likeness (QED) is 0.561. The lowest BCUT2D eigenvalue weighted by molar-refractivity contribution is -0.150. The molecule has 0 spiro atoms. The Morgan fingerprint density at radius 3 is 2.13 bits per heavy atom. The van der Waals surface area contributed by atoms with Crippen LogP contribution in [0.15, 0.2) is 11.8 Å². The van der Waals surface area contributed by atoms with E-state index in [2.05, 4.69) is 10.1 Å².